The molecule has 1 radical (unpaired) electrons. The first-order valence-corrected chi connectivity index (χ1v) is 20.8. The summed E-state index contributed by atoms with van der Waals surface area (Å²) in [6, 6.07) is 0. The van der Waals surface area contributed by atoms with Gasteiger partial charge in [-0.2, -0.15) is 0 Å². The molecule has 2 aliphatic rings. The second-order valence-electron chi connectivity index (χ2n) is 8.85. The van der Waals surface area contributed by atoms with E-state index in [1.807, 2.05) is 12.2 Å². The average molecular weight is 980 g/mol. The number of thioether (sulfide) groups is 4. The van der Waals surface area contributed by atoms with E-state index in [2.05, 4.69) is 16.2 Å². The van der Waals surface area contributed by atoms with Crippen molar-refractivity contribution in [2.45, 2.75) is 0 Å². The molecule has 0 saturated carbocycles. The van der Waals surface area contributed by atoms with Gasteiger partial charge >= 0.3 is 0 Å². The molecule has 0 amide bonds. The maximum Gasteiger partial charge on any atom is 0.0809 e. The maximum absolute atomic E-state index is 6.96. The highest BCUT2D eigenvalue weighted by Gasteiger charge is 2.38. The van der Waals surface area contributed by atoms with Gasteiger partial charge in [0.05, 0.1) is 84.7 Å². The largest absolute Gasteiger partial charge is 0.0884 e. The Hall–Kier alpha value is 1.82. The lowest BCUT2D eigenvalue weighted by atomic mass is 9.84. The van der Waals surface area contributed by atoms with Crippen molar-refractivity contribution in [2.24, 2.45) is 0 Å². The zero-order chi connectivity index (χ0) is 34.5. The van der Waals surface area contributed by atoms with E-state index < -0.39 is 0 Å². The minimum atomic E-state index is -0.152. The summed E-state index contributed by atoms with van der Waals surface area (Å²) in [6.45, 7) is 0. The zero-order valence-corrected chi connectivity index (χ0v) is 35.8. The fourth-order valence-electron chi connectivity index (χ4n) is 4.07. The van der Waals surface area contributed by atoms with Gasteiger partial charge in [-0.15, -0.1) is 0 Å². The van der Waals surface area contributed by atoms with Gasteiger partial charge in [0.1, 0.15) is 0 Å². The van der Waals surface area contributed by atoms with E-state index in [0.717, 1.165) is 4.91 Å². The number of halogens is 14. The average Bonchev–Trinajstić information content (AvgIpc) is 3.76. The van der Waals surface area contributed by atoms with Crippen LogP contribution in [0.15, 0.2) is 47.8 Å². The first-order valence-electron chi connectivity index (χ1n) is 12.1. The van der Waals surface area contributed by atoms with Crippen LogP contribution < -0.4 is 0 Å². The molecule has 47 heavy (non-hydrogen) atoms. The van der Waals surface area contributed by atoms with E-state index in [4.69, 9.17) is 162 Å². The lowest BCUT2D eigenvalue weighted by Crippen LogP contribution is -2.12. The molecule has 3 aromatic carbocycles. The predicted molar refractivity (Wildman–Crippen MR) is 223 cm³/mol. The van der Waals surface area contributed by atoms with Gasteiger partial charge in [-0.05, 0) is 22.3 Å². The van der Waals surface area contributed by atoms with Crippen LogP contribution in [0.1, 0.15) is 22.3 Å². The minimum absolute atomic E-state index is 0.00781. The first kappa shape index (κ1) is 40.0. The van der Waals surface area contributed by atoms with E-state index in [-0.39, 0.29) is 92.9 Å². The van der Waals surface area contributed by atoms with Crippen molar-refractivity contribution in [2.75, 3.05) is 0 Å². The van der Waals surface area contributed by atoms with E-state index >= 15 is 0 Å². The molecule has 0 N–H and O–H groups in total. The lowest BCUT2D eigenvalue weighted by Gasteiger charge is -2.28. The molecule has 245 valence electrons. The third-order valence-corrected chi connectivity index (χ3v) is 17.5. The molecule has 3 aromatic rings. The first-order chi connectivity index (χ1) is 22.2. The predicted octanol–water partition coefficient (Wildman–Crippen LogP) is 18.8. The van der Waals surface area contributed by atoms with E-state index in [9.17, 15) is 0 Å². The van der Waals surface area contributed by atoms with Crippen LogP contribution in [0.3, 0.4) is 0 Å². The number of hydrogen-bond acceptors (Lipinski definition) is 4. The van der Waals surface area contributed by atoms with Crippen molar-refractivity contribution in [3.63, 3.8) is 0 Å². The smallest absolute Gasteiger partial charge is 0.0809 e. The van der Waals surface area contributed by atoms with Crippen molar-refractivity contribution in [1.29, 1.82) is 0 Å². The maximum atomic E-state index is 6.96. The molecule has 2 aliphatic heterocycles. The number of benzene rings is 3. The highest BCUT2D eigenvalue weighted by atomic mass is 35.5. The second-order valence-corrected chi connectivity index (χ2v) is 18.5. The highest BCUT2D eigenvalue weighted by Crippen LogP contribution is 2.58. The third-order valence-electron chi connectivity index (χ3n) is 6.17. The summed E-state index contributed by atoms with van der Waals surface area (Å²) in [5.74, 6) is -0.00781. The van der Waals surface area contributed by atoms with Gasteiger partial charge in [-0.1, -0.05) is 228 Å². The SMILES string of the molecule is Clc1c(Cl)c(Cl)c([C](c2c(Cl)c(Cl)c(Cl)c(Cl)c2Cl)c2c(Cl)c(Cl)c(/C=C/C=C/C3=CSC(=C4SC=CS4)S3)c(Cl)c2Cl)c(Cl)c1Cl. The van der Waals surface area contributed by atoms with Crippen LogP contribution in [-0.2, 0) is 0 Å². The Labute approximate surface area is 357 Å². The Morgan fingerprint density at radius 3 is 1.19 bits per heavy atom. The lowest BCUT2D eigenvalue weighted by molar-refractivity contribution is 1.23. The van der Waals surface area contributed by atoms with E-state index in [1.54, 1.807) is 59.2 Å². The molecule has 0 atom stereocenters. The topological polar surface area (TPSA) is 0 Å². The molecule has 0 unspecified atom stereocenters. The van der Waals surface area contributed by atoms with Gasteiger partial charge in [0.25, 0.3) is 0 Å². The number of hydrogen-bond donors (Lipinski definition) is 0. The van der Waals surface area contributed by atoms with E-state index in [1.165, 1.54) is 8.47 Å². The Morgan fingerprint density at radius 1 is 0.404 bits per heavy atom. The molecule has 2 heterocycles. The summed E-state index contributed by atoms with van der Waals surface area (Å²) in [4.78, 5) is 1.07. The van der Waals surface area contributed by atoms with Gasteiger partial charge < -0.3 is 0 Å². The second kappa shape index (κ2) is 16.9. The van der Waals surface area contributed by atoms with Crippen LogP contribution in [-0.4, -0.2) is 0 Å². The number of rotatable bonds is 6. The van der Waals surface area contributed by atoms with Crippen LogP contribution >= 0.6 is 209 Å². The van der Waals surface area contributed by atoms with Gasteiger partial charge in [-0.3, -0.25) is 0 Å². The minimum Gasteiger partial charge on any atom is -0.0884 e. The van der Waals surface area contributed by atoms with Crippen LogP contribution in [0.2, 0.25) is 70.3 Å². The van der Waals surface area contributed by atoms with E-state index in [0.29, 0.717) is 5.56 Å². The van der Waals surface area contributed by atoms with Crippen molar-refractivity contribution in [3.8, 4) is 0 Å². The molecule has 18 heteroatoms. The molecule has 0 spiro atoms. The Morgan fingerprint density at radius 2 is 0.766 bits per heavy atom. The highest BCUT2D eigenvalue weighted by molar-refractivity contribution is 8.33. The fraction of sp³-hybridized carbons (Fsp3) is 0. The van der Waals surface area contributed by atoms with Crippen molar-refractivity contribution >= 4 is 216 Å². The van der Waals surface area contributed by atoms with Gasteiger partial charge in [-0.25, -0.2) is 0 Å². The Balaban J connectivity index is 1.66. The Kier molecular flexibility index (Phi) is 14.4. The quantitative estimate of drug-likeness (QED) is 0.104. The monoisotopic (exact) mass is 973 g/mol. The molecule has 0 bridgehead atoms. The van der Waals surface area contributed by atoms with Crippen LogP contribution in [0.4, 0.5) is 0 Å². The van der Waals surface area contributed by atoms with Crippen LogP contribution in [0.5, 0.6) is 0 Å². The van der Waals surface area contributed by atoms with Crippen LogP contribution in [0, 0.1) is 5.92 Å². The molecular formula is C29H7Cl14S4. The molecule has 5 rings (SSSR count). The molecule has 0 saturated heterocycles. The van der Waals surface area contributed by atoms with Crippen LogP contribution in [0.25, 0.3) is 6.08 Å². The van der Waals surface area contributed by atoms with Crippen molar-refractivity contribution in [1.82, 2.24) is 0 Å². The third kappa shape index (κ3) is 7.89. The fourth-order valence-corrected chi connectivity index (χ4v) is 12.3. The van der Waals surface area contributed by atoms with Gasteiger partial charge in [0, 0.05) is 27.2 Å². The number of allylic oxidation sites excluding steroid dienone is 3. The summed E-state index contributed by atoms with van der Waals surface area (Å²) in [5, 5.41) is 4.71. The zero-order valence-electron chi connectivity index (χ0n) is 22.0. The molecule has 0 nitrogen and oxygen atoms in total. The summed E-state index contributed by atoms with van der Waals surface area (Å²) in [5.41, 5.74) is 0.287. The Bertz CT molecular complexity index is 1830. The van der Waals surface area contributed by atoms with Crippen molar-refractivity contribution in [3.05, 3.63) is 146 Å². The summed E-state index contributed by atoms with van der Waals surface area (Å²) in [6.07, 6.45) is 7.21. The summed E-state index contributed by atoms with van der Waals surface area (Å²) >= 11 is 99.8. The molecule has 0 fully saturated rings. The summed E-state index contributed by atoms with van der Waals surface area (Å²) in [7, 11) is 0. The molecule has 0 aliphatic carbocycles. The normalized spacial score (nSPS) is 15.1. The molecule has 0 aromatic heterocycles. The molecular weight excluding hydrogens is 973 g/mol. The standard InChI is InChI=1S/C29H7Cl14S4/c30-14-9(4-2-1-3-8-7-46-29(47-8)28-44-5-6-45-28)15(31)17(33)11(16(14)32)10(12-18(34)22(38)26(42)23(39)19(12)35)13-20(36)24(40)27(43)25(41)21(13)37/h1-7H/b3-1+,4-2+. The van der Waals surface area contributed by atoms with Crippen molar-refractivity contribution < 1.29 is 0 Å². The van der Waals surface area contributed by atoms with Gasteiger partial charge in [0.2, 0.25) is 0 Å². The van der Waals surface area contributed by atoms with Gasteiger partial charge in [0.15, 0.2) is 0 Å². The summed E-state index contributed by atoms with van der Waals surface area (Å²) < 4.78 is 2.48.